The zero-order valence-corrected chi connectivity index (χ0v) is 32.7. The van der Waals surface area contributed by atoms with Crippen molar-refractivity contribution in [3.8, 4) is 50.8 Å². The van der Waals surface area contributed by atoms with Gasteiger partial charge in [0, 0.05) is 59.9 Å². The molecule has 0 saturated carbocycles. The summed E-state index contributed by atoms with van der Waals surface area (Å²) < 4.78 is 109. The summed E-state index contributed by atoms with van der Waals surface area (Å²) in [6.07, 6.45) is 3.05. The molecule has 0 aliphatic heterocycles. The third-order valence-corrected chi connectivity index (χ3v) is 8.81. The van der Waals surface area contributed by atoms with Gasteiger partial charge in [-0.25, -0.2) is 0 Å². The first kappa shape index (κ1) is 25.4. The largest absolute Gasteiger partial charge is 0.499 e. The maximum atomic E-state index is 10.2. The molecule has 1 radical (unpaired) electrons. The number of nitriles is 1. The zero-order chi connectivity index (χ0) is 48.9. The maximum absolute atomic E-state index is 10.2. The van der Waals surface area contributed by atoms with E-state index in [1.54, 1.807) is 30.3 Å². The molecule has 3 heterocycles. The van der Waals surface area contributed by atoms with Crippen LogP contribution in [-0.4, -0.2) is 9.97 Å². The summed E-state index contributed by atoms with van der Waals surface area (Å²) in [6, 6.07) is 37.4. The van der Waals surface area contributed by atoms with Crippen LogP contribution in [0.1, 0.15) is 72.0 Å². The first-order valence-electron chi connectivity index (χ1n) is 23.7. The van der Waals surface area contributed by atoms with Crippen LogP contribution >= 0.6 is 0 Å². The van der Waals surface area contributed by atoms with E-state index in [2.05, 4.69) is 28.2 Å². The first-order valence-corrected chi connectivity index (χ1v) is 17.2. The zero-order valence-electron chi connectivity index (χ0n) is 43.3. The van der Waals surface area contributed by atoms with E-state index in [4.69, 9.17) is 22.2 Å². The Bertz CT molecular complexity index is 3090. The van der Waals surface area contributed by atoms with Crippen LogP contribution in [-0.2, 0) is 26.5 Å². The number of fused-ring (bicyclic) bond motifs is 3. The van der Waals surface area contributed by atoms with Crippen LogP contribution in [0.5, 0.6) is 0 Å². The molecule has 0 aliphatic carbocycles. The van der Waals surface area contributed by atoms with Gasteiger partial charge >= 0.3 is 0 Å². The van der Waals surface area contributed by atoms with Crippen molar-refractivity contribution >= 4 is 21.9 Å². The Morgan fingerprint density at radius 1 is 0.745 bits per heavy atom. The van der Waals surface area contributed by atoms with Crippen molar-refractivity contribution in [1.29, 1.82) is 5.26 Å². The van der Waals surface area contributed by atoms with Crippen LogP contribution in [0, 0.1) is 56.3 Å². The Hall–Kier alpha value is -5.66. The number of hydrogen-bond acceptors (Lipinski definition) is 4. The molecule has 0 saturated heterocycles. The van der Waals surface area contributed by atoms with Crippen molar-refractivity contribution < 1.29 is 42.3 Å². The van der Waals surface area contributed by atoms with E-state index in [0.29, 0.717) is 50.9 Å². The average Bonchev–Trinajstić information content (AvgIpc) is 3.64. The van der Waals surface area contributed by atoms with Gasteiger partial charge in [-0.05, 0) is 82.7 Å². The minimum atomic E-state index is -2.64. The second kappa shape index (κ2) is 16.4. The number of nitrogens with zero attached hydrogens (tertiary/aromatic N) is 3. The predicted octanol–water partition coefficient (Wildman–Crippen LogP) is 13.0. The van der Waals surface area contributed by atoms with Crippen LogP contribution in [0.4, 0.5) is 0 Å². The molecular weight excluding hydrogens is 851 g/mol. The number of furan rings is 1. The fourth-order valence-corrected chi connectivity index (χ4v) is 6.38. The normalized spacial score (nSPS) is 15.5. The van der Waals surface area contributed by atoms with Gasteiger partial charge in [0.1, 0.15) is 17.2 Å². The van der Waals surface area contributed by atoms with E-state index < -0.39 is 27.4 Å². The third kappa shape index (κ3) is 8.53. The van der Waals surface area contributed by atoms with Gasteiger partial charge in [-0.1, -0.05) is 117 Å². The molecule has 4 nitrogen and oxygen atoms in total. The van der Waals surface area contributed by atoms with E-state index in [1.165, 1.54) is 36.7 Å². The Labute approximate surface area is 356 Å². The van der Waals surface area contributed by atoms with E-state index in [9.17, 15) is 5.26 Å². The third-order valence-electron chi connectivity index (χ3n) is 8.81. The molecule has 0 bridgehead atoms. The maximum Gasteiger partial charge on any atom is 0.139 e. The SMILES string of the molecule is [2H]C([2H])([2H])c1c[c-]c(-c2ccc(C([2H])([2H])[2H])cn2)cc1.[2H]c1cc(CC(C)(C)C)cc(C([2H])([2H])[2H])c1-c1cc(-c2[c-]ccc3c2oc2c(C#N)c(-c4ccccc4)ccc23)ncc1C([2H])([2H])[2H].[Ir]. The second-order valence-electron chi connectivity index (χ2n) is 14.1. The minimum absolute atomic E-state index is 0. The molecule has 55 heavy (non-hydrogen) atoms. The fourth-order valence-electron chi connectivity index (χ4n) is 6.38. The molecule has 5 heteroatoms. The van der Waals surface area contributed by atoms with Crippen LogP contribution in [0.15, 0.2) is 126 Å². The van der Waals surface area contributed by atoms with Crippen molar-refractivity contribution in [2.75, 3.05) is 0 Å². The molecule has 0 spiro atoms. The van der Waals surface area contributed by atoms with Crippen LogP contribution < -0.4 is 0 Å². The molecule has 0 N–H and O–H groups in total. The van der Waals surface area contributed by atoms with Gasteiger partial charge in [0.2, 0.25) is 0 Å². The molecular formula is C50H43IrN3O-2. The summed E-state index contributed by atoms with van der Waals surface area (Å²) in [6.45, 7) is -3.53. The van der Waals surface area contributed by atoms with Gasteiger partial charge in [-0.2, -0.15) is 5.26 Å². The molecule has 275 valence electrons. The number of benzene rings is 5. The molecule has 3 aromatic heterocycles. The fraction of sp³-hybridized carbons (Fsp3) is 0.180. The number of pyridine rings is 2. The molecule has 8 rings (SSSR count). The Kier molecular flexibility index (Phi) is 7.57. The average molecular weight is 907 g/mol. The van der Waals surface area contributed by atoms with E-state index >= 15 is 0 Å². The predicted molar refractivity (Wildman–Crippen MR) is 222 cm³/mol. The smallest absolute Gasteiger partial charge is 0.139 e. The van der Waals surface area contributed by atoms with Gasteiger partial charge in [0.25, 0.3) is 0 Å². The second-order valence-corrected chi connectivity index (χ2v) is 14.1. The summed E-state index contributed by atoms with van der Waals surface area (Å²) in [5.74, 6) is 0. The van der Waals surface area contributed by atoms with E-state index in [-0.39, 0.29) is 70.6 Å². The Morgan fingerprint density at radius 3 is 2.22 bits per heavy atom. The number of hydrogen-bond donors (Lipinski definition) is 0. The summed E-state index contributed by atoms with van der Waals surface area (Å²) >= 11 is 0. The number of aryl methyl sites for hydroxylation is 4. The van der Waals surface area contributed by atoms with Gasteiger partial charge in [0.05, 0.1) is 6.95 Å². The molecule has 5 aromatic carbocycles. The monoisotopic (exact) mass is 907 g/mol. The minimum Gasteiger partial charge on any atom is -0.499 e. The van der Waals surface area contributed by atoms with Crippen molar-refractivity contribution in [3.05, 3.63) is 167 Å². The molecule has 0 amide bonds. The summed E-state index contributed by atoms with van der Waals surface area (Å²) in [5.41, 5.74) is 5.37. The summed E-state index contributed by atoms with van der Waals surface area (Å²) in [5, 5.41) is 11.6. The van der Waals surface area contributed by atoms with Crippen molar-refractivity contribution in [2.45, 2.75) is 54.6 Å². The summed E-state index contributed by atoms with van der Waals surface area (Å²) in [7, 11) is 0. The van der Waals surface area contributed by atoms with Gasteiger partial charge < -0.3 is 14.4 Å². The summed E-state index contributed by atoms with van der Waals surface area (Å²) in [4.78, 5) is 8.57. The molecule has 0 aliphatic rings. The van der Waals surface area contributed by atoms with Gasteiger partial charge in [-0.3, -0.25) is 0 Å². The van der Waals surface area contributed by atoms with Crippen LogP contribution in [0.25, 0.3) is 66.7 Å². The topological polar surface area (TPSA) is 62.7 Å². The van der Waals surface area contributed by atoms with Crippen molar-refractivity contribution in [1.82, 2.24) is 9.97 Å². The van der Waals surface area contributed by atoms with Gasteiger partial charge in [-0.15, -0.1) is 53.6 Å². The Balaban J connectivity index is 0.000000304. The molecule has 0 fully saturated rings. The molecule has 0 unspecified atom stereocenters. The van der Waals surface area contributed by atoms with E-state index in [1.807, 2.05) is 69.3 Å². The quantitative estimate of drug-likeness (QED) is 0.161. The van der Waals surface area contributed by atoms with Crippen molar-refractivity contribution in [3.63, 3.8) is 0 Å². The Morgan fingerprint density at radius 2 is 1.53 bits per heavy atom. The number of rotatable bonds is 5. The standard InChI is InChI=1S/C37H31N2O.C13H12N.Ir/c1-23-18-25(20-37(3,4)5)14-15-27(23)32-19-34(39-22-24(32)2)31-13-9-12-29-30-17-16-28(26-10-7-6-8-11-26)33(21-38)36(30)40-35(29)31;1-10-3-6-12(7-4-10)13-8-5-11(2)9-14-13;/h6-12,14-19,22H,20H2,1-5H3;3-6,8-9H,1-2H3;/q2*-1;/i1D3,2D3,15D;1D3,2D3;. The van der Waals surface area contributed by atoms with Crippen LogP contribution in [0.3, 0.4) is 0 Å². The first-order chi connectivity index (χ1) is 31.2. The van der Waals surface area contributed by atoms with Crippen LogP contribution in [0.2, 0.25) is 0 Å². The van der Waals surface area contributed by atoms with E-state index in [0.717, 1.165) is 16.5 Å². The van der Waals surface area contributed by atoms with Crippen molar-refractivity contribution in [2.24, 2.45) is 5.41 Å². The molecule has 0 atom stereocenters. The number of aromatic nitrogens is 2. The van der Waals surface area contributed by atoms with Gasteiger partial charge in [0.15, 0.2) is 0 Å². The molecule has 8 aromatic rings.